The van der Waals surface area contributed by atoms with Gasteiger partial charge in [-0.3, -0.25) is 0 Å². The molecule has 1 aliphatic carbocycles. The smallest absolute Gasteiger partial charge is 0.0884 e. The fourth-order valence-electron chi connectivity index (χ4n) is 1.99. The second-order valence-electron chi connectivity index (χ2n) is 3.40. The molecule has 4 atom stereocenters. The molecule has 3 heteroatoms. The summed E-state index contributed by atoms with van der Waals surface area (Å²) in [4.78, 5) is 0. The molecule has 1 aliphatic heterocycles. The number of epoxide rings is 1. The van der Waals surface area contributed by atoms with E-state index < -0.39 is 0 Å². The molecule has 0 N–H and O–H groups in total. The third-order valence-corrected chi connectivity index (χ3v) is 3.65. The molecule has 1 saturated carbocycles. The largest absolute Gasteiger partial charge is 0.369 e. The fourth-order valence-corrected chi connectivity index (χ4v) is 2.48. The van der Waals surface area contributed by atoms with Crippen LogP contribution in [-0.2, 0) is 4.74 Å². The van der Waals surface area contributed by atoms with E-state index in [0.717, 1.165) is 0 Å². The summed E-state index contributed by atoms with van der Waals surface area (Å²) in [6, 6.07) is 0. The zero-order chi connectivity index (χ0) is 7.84. The zero-order valence-corrected chi connectivity index (χ0v) is 7.81. The maximum Gasteiger partial charge on any atom is 0.0884 e. The maximum absolute atomic E-state index is 6.05. The summed E-state index contributed by atoms with van der Waals surface area (Å²) in [6.45, 7) is 0. The van der Waals surface area contributed by atoms with Crippen molar-refractivity contribution in [3.63, 3.8) is 0 Å². The number of ether oxygens (including phenoxy) is 1. The van der Waals surface area contributed by atoms with Crippen LogP contribution in [0.2, 0.25) is 0 Å². The Morgan fingerprint density at radius 3 is 3.00 bits per heavy atom. The van der Waals surface area contributed by atoms with Gasteiger partial charge in [0.05, 0.1) is 17.6 Å². The number of rotatable bonds is 2. The predicted molar refractivity (Wildman–Crippen MR) is 46.4 cm³/mol. The molecule has 0 radical (unpaired) electrons. The van der Waals surface area contributed by atoms with Crippen molar-refractivity contribution in [2.24, 2.45) is 5.92 Å². The minimum atomic E-state index is 0.118. The van der Waals surface area contributed by atoms with E-state index in [2.05, 4.69) is 0 Å². The van der Waals surface area contributed by atoms with Crippen LogP contribution in [0.1, 0.15) is 19.3 Å². The molecule has 0 aromatic carbocycles. The summed E-state index contributed by atoms with van der Waals surface area (Å²) in [7, 11) is 0. The van der Waals surface area contributed by atoms with Crippen molar-refractivity contribution in [3.8, 4) is 0 Å². The average molecular weight is 195 g/mol. The molecular weight excluding hydrogens is 183 g/mol. The maximum atomic E-state index is 6.05. The van der Waals surface area contributed by atoms with Gasteiger partial charge < -0.3 is 4.74 Å². The normalized spacial score (nSPS) is 44.7. The van der Waals surface area contributed by atoms with Gasteiger partial charge in [0.25, 0.3) is 0 Å². The van der Waals surface area contributed by atoms with E-state index in [1.54, 1.807) is 0 Å². The van der Waals surface area contributed by atoms with E-state index in [0.29, 0.717) is 24.0 Å². The second kappa shape index (κ2) is 3.12. The Morgan fingerprint density at radius 2 is 2.27 bits per heavy atom. The van der Waals surface area contributed by atoms with Crippen molar-refractivity contribution in [1.82, 2.24) is 0 Å². The minimum Gasteiger partial charge on any atom is -0.369 e. The highest BCUT2D eigenvalue weighted by Crippen LogP contribution is 2.43. The summed E-state index contributed by atoms with van der Waals surface area (Å²) >= 11 is 11.7. The Kier molecular flexibility index (Phi) is 2.31. The van der Waals surface area contributed by atoms with Crippen molar-refractivity contribution >= 4 is 23.2 Å². The summed E-state index contributed by atoms with van der Waals surface area (Å²) in [5, 5.41) is 0.118. The molecule has 1 heterocycles. The number of hydrogen-bond acceptors (Lipinski definition) is 1. The van der Waals surface area contributed by atoms with E-state index in [1.807, 2.05) is 0 Å². The molecule has 1 nitrogen and oxygen atoms in total. The third kappa shape index (κ3) is 1.51. The lowest BCUT2D eigenvalue weighted by atomic mass is 9.87. The molecule has 11 heavy (non-hydrogen) atoms. The summed E-state index contributed by atoms with van der Waals surface area (Å²) in [6.07, 6.45) is 4.66. The SMILES string of the molecule is ClCC(Cl)C1CCCC2OC21. The molecule has 64 valence electrons. The van der Waals surface area contributed by atoms with Gasteiger partial charge in [-0.05, 0) is 12.8 Å². The first-order chi connectivity index (χ1) is 5.33. The van der Waals surface area contributed by atoms with E-state index >= 15 is 0 Å². The second-order valence-corrected chi connectivity index (χ2v) is 4.27. The Bertz CT molecular complexity index is 149. The van der Waals surface area contributed by atoms with Gasteiger partial charge in [0.1, 0.15) is 0 Å². The van der Waals surface area contributed by atoms with Crippen molar-refractivity contribution in [2.75, 3.05) is 5.88 Å². The van der Waals surface area contributed by atoms with Gasteiger partial charge in [0.15, 0.2) is 0 Å². The highest BCUT2D eigenvalue weighted by molar-refractivity contribution is 6.28. The van der Waals surface area contributed by atoms with Crippen LogP contribution in [0.25, 0.3) is 0 Å². The lowest BCUT2D eigenvalue weighted by molar-refractivity contribution is 0.319. The van der Waals surface area contributed by atoms with Crippen LogP contribution in [-0.4, -0.2) is 23.5 Å². The molecular formula is C8H12Cl2O. The molecule has 2 rings (SSSR count). The highest BCUT2D eigenvalue weighted by Gasteiger charge is 2.49. The molecule has 0 spiro atoms. The van der Waals surface area contributed by atoms with Gasteiger partial charge >= 0.3 is 0 Å². The van der Waals surface area contributed by atoms with Crippen LogP contribution in [0.5, 0.6) is 0 Å². The first kappa shape index (κ1) is 8.15. The van der Waals surface area contributed by atoms with Crippen LogP contribution in [0.15, 0.2) is 0 Å². The molecule has 1 saturated heterocycles. The van der Waals surface area contributed by atoms with Gasteiger partial charge in [0, 0.05) is 11.8 Å². The van der Waals surface area contributed by atoms with Crippen LogP contribution < -0.4 is 0 Å². The van der Waals surface area contributed by atoms with E-state index in [-0.39, 0.29) is 5.38 Å². The first-order valence-electron chi connectivity index (χ1n) is 4.18. The van der Waals surface area contributed by atoms with Crippen molar-refractivity contribution in [1.29, 1.82) is 0 Å². The molecule has 0 aromatic heterocycles. The lowest BCUT2D eigenvalue weighted by Gasteiger charge is -2.21. The molecule has 4 unspecified atom stereocenters. The number of alkyl halides is 2. The Morgan fingerprint density at radius 1 is 1.45 bits per heavy atom. The summed E-state index contributed by atoms with van der Waals surface area (Å²) < 4.78 is 5.47. The molecule has 2 fully saturated rings. The average Bonchev–Trinajstić information content (AvgIpc) is 2.80. The van der Waals surface area contributed by atoms with Crippen LogP contribution in [0.4, 0.5) is 0 Å². The predicted octanol–water partition coefficient (Wildman–Crippen LogP) is 2.40. The highest BCUT2D eigenvalue weighted by atomic mass is 35.5. The topological polar surface area (TPSA) is 12.5 Å². The van der Waals surface area contributed by atoms with Crippen LogP contribution >= 0.6 is 23.2 Å². The van der Waals surface area contributed by atoms with E-state index in [1.165, 1.54) is 19.3 Å². The van der Waals surface area contributed by atoms with Crippen LogP contribution in [0, 0.1) is 5.92 Å². The number of fused-ring (bicyclic) bond motifs is 1. The van der Waals surface area contributed by atoms with Crippen molar-refractivity contribution < 1.29 is 4.74 Å². The Hall–Kier alpha value is 0.540. The molecule has 0 aromatic rings. The first-order valence-corrected chi connectivity index (χ1v) is 5.15. The van der Waals surface area contributed by atoms with Gasteiger partial charge in [-0.25, -0.2) is 0 Å². The Labute approximate surface area is 77.0 Å². The Balaban J connectivity index is 1.92. The van der Waals surface area contributed by atoms with E-state index in [9.17, 15) is 0 Å². The van der Waals surface area contributed by atoms with Crippen molar-refractivity contribution in [2.45, 2.75) is 36.8 Å². The lowest BCUT2D eigenvalue weighted by Crippen LogP contribution is -2.26. The standard InChI is InChI=1S/C8H12Cl2O/c9-4-6(10)5-2-1-3-7-8(5)11-7/h5-8H,1-4H2. The summed E-state index contributed by atoms with van der Waals surface area (Å²) in [5.74, 6) is 1.08. The van der Waals surface area contributed by atoms with Crippen LogP contribution in [0.3, 0.4) is 0 Å². The van der Waals surface area contributed by atoms with Crippen molar-refractivity contribution in [3.05, 3.63) is 0 Å². The monoisotopic (exact) mass is 194 g/mol. The number of halogens is 2. The third-order valence-electron chi connectivity index (χ3n) is 2.68. The minimum absolute atomic E-state index is 0.118. The number of hydrogen-bond donors (Lipinski definition) is 0. The summed E-state index contributed by atoms with van der Waals surface area (Å²) in [5.41, 5.74) is 0. The quantitative estimate of drug-likeness (QED) is 0.486. The van der Waals surface area contributed by atoms with E-state index in [4.69, 9.17) is 27.9 Å². The molecule has 0 amide bonds. The molecule has 2 aliphatic rings. The van der Waals surface area contributed by atoms with Gasteiger partial charge in [0.2, 0.25) is 0 Å². The zero-order valence-electron chi connectivity index (χ0n) is 6.30. The fraction of sp³-hybridized carbons (Fsp3) is 1.00. The molecule has 0 bridgehead atoms. The van der Waals surface area contributed by atoms with Gasteiger partial charge in [-0.1, -0.05) is 6.42 Å². The van der Waals surface area contributed by atoms with Gasteiger partial charge in [-0.15, -0.1) is 23.2 Å². The van der Waals surface area contributed by atoms with Gasteiger partial charge in [-0.2, -0.15) is 0 Å².